The van der Waals surface area contributed by atoms with Gasteiger partial charge in [-0.25, -0.2) is 0 Å². The van der Waals surface area contributed by atoms with Crippen molar-refractivity contribution in [3.63, 3.8) is 0 Å². The van der Waals surface area contributed by atoms with E-state index < -0.39 is 0 Å². The van der Waals surface area contributed by atoms with E-state index in [1.807, 2.05) is 0 Å². The van der Waals surface area contributed by atoms with Gasteiger partial charge < -0.3 is 9.47 Å². The van der Waals surface area contributed by atoms with Gasteiger partial charge in [0.2, 0.25) is 0 Å². The molecular weight excluding hydrogens is 170 g/mol. The summed E-state index contributed by atoms with van der Waals surface area (Å²) in [6.07, 6.45) is 3.20. The fourth-order valence-electron chi connectivity index (χ4n) is 2.26. The van der Waals surface area contributed by atoms with E-state index in [9.17, 15) is 0 Å². The van der Waals surface area contributed by atoms with E-state index in [-0.39, 0.29) is 17.7 Å². The first kappa shape index (κ1) is 8.81. The Kier molecular flexibility index (Phi) is 2.15. The van der Waals surface area contributed by atoms with E-state index in [4.69, 9.17) is 15.0 Å². The Bertz CT molecular complexity index is 246. The molecule has 1 saturated heterocycles. The van der Waals surface area contributed by atoms with Gasteiger partial charge in [-0.05, 0) is 24.8 Å². The lowest BCUT2D eigenvalue weighted by atomic mass is 9.75. The Morgan fingerprint density at radius 2 is 2.38 bits per heavy atom. The summed E-state index contributed by atoms with van der Waals surface area (Å²) in [5.74, 6) is 0. The molecule has 1 aliphatic carbocycles. The van der Waals surface area contributed by atoms with Gasteiger partial charge in [0.1, 0.15) is 0 Å². The molecule has 0 aromatic rings. The highest BCUT2D eigenvalue weighted by atomic mass is 16.6. The highest BCUT2D eigenvalue weighted by Gasteiger charge is 2.53. The van der Waals surface area contributed by atoms with E-state index >= 15 is 0 Å². The minimum absolute atomic E-state index is 0.0443. The second-order valence-electron chi connectivity index (χ2n) is 3.66. The summed E-state index contributed by atoms with van der Waals surface area (Å²) in [6.45, 7) is 0.503. The molecule has 2 rings (SSSR count). The van der Waals surface area contributed by atoms with Crippen molar-refractivity contribution in [2.75, 3.05) is 13.7 Å². The van der Waals surface area contributed by atoms with Crippen LogP contribution in [0.1, 0.15) is 19.3 Å². The van der Waals surface area contributed by atoms with Crippen LogP contribution in [-0.2, 0) is 9.47 Å². The second-order valence-corrected chi connectivity index (χ2v) is 3.66. The molecule has 72 valence electrons. The van der Waals surface area contributed by atoms with Gasteiger partial charge in [-0.1, -0.05) is 5.11 Å². The maximum atomic E-state index is 8.35. The highest BCUT2D eigenvalue weighted by Crippen LogP contribution is 2.45. The van der Waals surface area contributed by atoms with Crippen molar-refractivity contribution in [1.29, 1.82) is 0 Å². The van der Waals surface area contributed by atoms with Crippen molar-refractivity contribution in [1.82, 2.24) is 0 Å². The predicted molar refractivity (Wildman–Crippen MR) is 46.3 cm³/mol. The van der Waals surface area contributed by atoms with Crippen LogP contribution in [0.4, 0.5) is 0 Å². The number of methoxy groups -OCH3 is 1. The maximum absolute atomic E-state index is 8.35. The molecule has 0 unspecified atom stereocenters. The zero-order valence-electron chi connectivity index (χ0n) is 7.64. The third-order valence-electron chi connectivity index (χ3n) is 3.06. The summed E-state index contributed by atoms with van der Waals surface area (Å²) in [5.41, 5.74) is 8.22. The first-order valence-corrected chi connectivity index (χ1v) is 4.53. The Hall–Kier alpha value is -0.770. The fourth-order valence-corrected chi connectivity index (χ4v) is 2.26. The lowest BCUT2D eigenvalue weighted by Gasteiger charge is -2.41. The van der Waals surface area contributed by atoms with Crippen LogP contribution in [0.2, 0.25) is 0 Å². The summed E-state index contributed by atoms with van der Waals surface area (Å²) in [6, 6.07) is -0.143. The summed E-state index contributed by atoms with van der Waals surface area (Å²) >= 11 is 0. The largest absolute Gasteiger partial charge is 0.378 e. The number of rotatable bonds is 2. The average Bonchev–Trinajstić information content (AvgIpc) is 2.43. The highest BCUT2D eigenvalue weighted by molar-refractivity contribution is 5.06. The lowest BCUT2D eigenvalue weighted by Crippen LogP contribution is -2.49. The summed E-state index contributed by atoms with van der Waals surface area (Å²) in [5, 5.41) is 3.68. The van der Waals surface area contributed by atoms with Crippen LogP contribution in [0.3, 0.4) is 0 Å². The molecule has 2 aliphatic rings. The van der Waals surface area contributed by atoms with E-state index in [2.05, 4.69) is 10.0 Å². The zero-order chi connectivity index (χ0) is 9.31. The third-order valence-corrected chi connectivity index (χ3v) is 3.06. The molecule has 1 saturated carbocycles. The molecule has 0 radical (unpaired) electrons. The topological polar surface area (TPSA) is 67.2 Å². The number of ether oxygens (including phenoxy) is 2. The van der Waals surface area contributed by atoms with Crippen molar-refractivity contribution in [2.24, 2.45) is 5.11 Å². The molecule has 2 fully saturated rings. The summed E-state index contributed by atoms with van der Waals surface area (Å²) < 4.78 is 11.0. The van der Waals surface area contributed by atoms with Gasteiger partial charge in [-0.3, -0.25) is 0 Å². The number of hydrogen-bond acceptors (Lipinski definition) is 3. The van der Waals surface area contributed by atoms with Crippen molar-refractivity contribution >= 4 is 0 Å². The number of hydrogen-bond donors (Lipinski definition) is 0. The van der Waals surface area contributed by atoms with Crippen LogP contribution in [0, 0.1) is 0 Å². The van der Waals surface area contributed by atoms with Gasteiger partial charge in [-0.15, -0.1) is 0 Å². The van der Waals surface area contributed by atoms with E-state index in [0.29, 0.717) is 6.61 Å². The Balaban J connectivity index is 2.13. The van der Waals surface area contributed by atoms with Crippen molar-refractivity contribution in [3.8, 4) is 0 Å². The molecular formula is C8H13N3O2. The Morgan fingerprint density at radius 3 is 2.85 bits per heavy atom. The standard InChI is InChI=1S/C8H13N3O2/c1-12-7-6(10-11-9)5-13-8(7)3-2-4-8/h6-7H,2-5H2,1H3/t6-,7+/m0/s1. The quantitative estimate of drug-likeness (QED) is 0.371. The first-order chi connectivity index (χ1) is 6.32. The normalized spacial score (nSPS) is 35.5. The van der Waals surface area contributed by atoms with Gasteiger partial charge in [-0.2, -0.15) is 0 Å². The molecule has 0 bridgehead atoms. The number of azide groups is 1. The SMILES string of the molecule is CO[C@@H]1[C@@H](N=[N+]=[N-])COC12CCC2. The molecule has 0 N–H and O–H groups in total. The summed E-state index contributed by atoms with van der Waals surface area (Å²) in [7, 11) is 1.65. The molecule has 0 aromatic carbocycles. The second kappa shape index (κ2) is 3.18. The van der Waals surface area contributed by atoms with Gasteiger partial charge in [0.25, 0.3) is 0 Å². The molecule has 5 nitrogen and oxygen atoms in total. The number of nitrogens with zero attached hydrogens (tertiary/aromatic N) is 3. The summed E-state index contributed by atoms with van der Waals surface area (Å²) in [4.78, 5) is 2.80. The maximum Gasteiger partial charge on any atom is 0.0967 e. The Labute approximate surface area is 76.6 Å². The van der Waals surface area contributed by atoms with Crippen molar-refractivity contribution in [2.45, 2.75) is 37.0 Å². The minimum Gasteiger partial charge on any atom is -0.378 e. The average molecular weight is 183 g/mol. The van der Waals surface area contributed by atoms with Crippen LogP contribution in [0.5, 0.6) is 0 Å². The van der Waals surface area contributed by atoms with Crippen molar-refractivity contribution in [3.05, 3.63) is 10.4 Å². The van der Waals surface area contributed by atoms with Gasteiger partial charge in [0, 0.05) is 12.0 Å². The zero-order valence-corrected chi connectivity index (χ0v) is 7.64. The molecule has 5 heteroatoms. The van der Waals surface area contributed by atoms with Crippen molar-refractivity contribution < 1.29 is 9.47 Å². The van der Waals surface area contributed by atoms with Gasteiger partial charge in [0.15, 0.2) is 0 Å². The molecule has 0 aromatic heterocycles. The fraction of sp³-hybridized carbons (Fsp3) is 1.00. The van der Waals surface area contributed by atoms with E-state index in [0.717, 1.165) is 12.8 Å². The molecule has 1 aliphatic heterocycles. The van der Waals surface area contributed by atoms with Crippen LogP contribution in [0.15, 0.2) is 5.11 Å². The lowest BCUT2D eigenvalue weighted by molar-refractivity contribution is -0.121. The van der Waals surface area contributed by atoms with Gasteiger partial charge >= 0.3 is 0 Å². The van der Waals surface area contributed by atoms with Crippen LogP contribution >= 0.6 is 0 Å². The molecule has 13 heavy (non-hydrogen) atoms. The van der Waals surface area contributed by atoms with Crippen LogP contribution in [-0.4, -0.2) is 31.5 Å². The van der Waals surface area contributed by atoms with E-state index in [1.165, 1.54) is 6.42 Å². The molecule has 2 atom stereocenters. The molecule has 0 amide bonds. The van der Waals surface area contributed by atoms with Crippen LogP contribution < -0.4 is 0 Å². The van der Waals surface area contributed by atoms with Gasteiger partial charge in [0.05, 0.1) is 24.4 Å². The smallest absolute Gasteiger partial charge is 0.0967 e. The predicted octanol–water partition coefficient (Wildman–Crippen LogP) is 1.63. The molecule has 1 spiro atoms. The minimum atomic E-state index is -0.143. The monoisotopic (exact) mass is 183 g/mol. The Morgan fingerprint density at radius 1 is 1.62 bits per heavy atom. The van der Waals surface area contributed by atoms with Crippen LogP contribution in [0.25, 0.3) is 10.4 Å². The van der Waals surface area contributed by atoms with E-state index in [1.54, 1.807) is 7.11 Å². The molecule has 1 heterocycles. The third kappa shape index (κ3) is 1.20. The first-order valence-electron chi connectivity index (χ1n) is 4.53.